The lowest BCUT2D eigenvalue weighted by atomic mass is 9.45. The van der Waals surface area contributed by atoms with Gasteiger partial charge in [0.25, 0.3) is 0 Å². The standard InChI is InChI=1S/C64H104N2/c1-3-15-45-39-51(31-25-41(45)13-1)65(63-53-21-9-5-17-47(53)37-48-18-6-10-22-54(48)63)59-35-29-43-28-34-58-60(36-30-44-27-33-57(59)61(43)62(44)58)66(52-32-26-42-14-2-4-16-46(42)40-52)64-55-23-11-7-19-49(55)38-50-20-8-12-24-56(50)64/h41-64H,1-40H2. The molecule has 0 heterocycles. The molecule has 0 aromatic heterocycles. The molecule has 0 radical (unpaired) electrons. The number of rotatable bonds is 6. The van der Waals surface area contributed by atoms with Gasteiger partial charge in [-0.2, -0.15) is 0 Å². The molecular weight excluding hydrogens is 797 g/mol. The predicted octanol–water partition coefficient (Wildman–Crippen LogP) is 16.7. The largest absolute Gasteiger partial charge is 0.294 e. The van der Waals surface area contributed by atoms with Crippen LogP contribution in [0, 0.1) is 107 Å². The fourth-order valence-corrected chi connectivity index (χ4v) is 24.9. The van der Waals surface area contributed by atoms with Crippen LogP contribution in [-0.4, -0.2) is 46.1 Å². The second-order valence-electron chi connectivity index (χ2n) is 29.2. The van der Waals surface area contributed by atoms with Gasteiger partial charge in [-0.05, 0) is 235 Å². The molecule has 2 heteroatoms. The normalized spacial score (nSPS) is 54.6. The fraction of sp³-hybridized carbons (Fsp3) is 1.00. The summed E-state index contributed by atoms with van der Waals surface area (Å²) in [5.41, 5.74) is 0. The Labute approximate surface area is 407 Å². The lowest BCUT2D eigenvalue weighted by Crippen LogP contribution is -2.68. The zero-order valence-corrected chi connectivity index (χ0v) is 43.0. The summed E-state index contributed by atoms with van der Waals surface area (Å²) in [6.45, 7) is 0. The Bertz CT molecular complexity index is 1480. The molecule has 0 saturated heterocycles. The predicted molar refractivity (Wildman–Crippen MR) is 274 cm³/mol. The smallest absolute Gasteiger partial charge is 0.0163 e. The van der Waals surface area contributed by atoms with E-state index in [2.05, 4.69) is 9.80 Å². The first-order chi connectivity index (χ1) is 32.7. The minimum absolute atomic E-state index is 0.930. The molecule has 370 valence electrons. The van der Waals surface area contributed by atoms with Crippen LogP contribution >= 0.6 is 0 Å². The summed E-state index contributed by atoms with van der Waals surface area (Å²) >= 11 is 0. The van der Waals surface area contributed by atoms with Crippen LogP contribution < -0.4 is 0 Å². The van der Waals surface area contributed by atoms with Gasteiger partial charge in [0.05, 0.1) is 0 Å². The van der Waals surface area contributed by atoms with Gasteiger partial charge in [0, 0.05) is 36.3 Å². The van der Waals surface area contributed by atoms with Crippen molar-refractivity contribution >= 4 is 0 Å². The lowest BCUT2D eigenvalue weighted by Gasteiger charge is -2.67. The van der Waals surface area contributed by atoms with Gasteiger partial charge < -0.3 is 0 Å². The molecule has 2 nitrogen and oxygen atoms in total. The van der Waals surface area contributed by atoms with Crippen molar-refractivity contribution in [1.82, 2.24) is 9.80 Å². The van der Waals surface area contributed by atoms with E-state index in [0.717, 1.165) is 143 Å². The van der Waals surface area contributed by atoms with Gasteiger partial charge in [-0.25, -0.2) is 0 Å². The van der Waals surface area contributed by atoms with Crippen LogP contribution in [0.15, 0.2) is 0 Å². The summed E-state index contributed by atoms with van der Waals surface area (Å²) in [5, 5.41) is 0. The first kappa shape index (κ1) is 44.6. The second kappa shape index (κ2) is 19.1. The molecule has 22 atom stereocenters. The summed E-state index contributed by atoms with van der Waals surface area (Å²) in [4.78, 5) is 7.40. The third-order valence-corrected chi connectivity index (χ3v) is 27.1. The molecule has 14 fully saturated rings. The molecular formula is C64H104N2. The van der Waals surface area contributed by atoms with E-state index in [1.807, 2.05) is 0 Å². The van der Waals surface area contributed by atoms with Gasteiger partial charge in [-0.15, -0.1) is 0 Å². The first-order valence-electron chi connectivity index (χ1n) is 32.3. The van der Waals surface area contributed by atoms with Crippen molar-refractivity contribution in [3.8, 4) is 0 Å². The van der Waals surface area contributed by atoms with E-state index in [4.69, 9.17) is 0 Å². The number of hydrogen-bond donors (Lipinski definition) is 0. The number of fused-ring (bicyclic) bond motifs is 6. The molecule has 0 bridgehead atoms. The molecule has 14 saturated carbocycles. The summed E-state index contributed by atoms with van der Waals surface area (Å²) in [7, 11) is 0. The summed E-state index contributed by atoms with van der Waals surface area (Å²) in [6, 6.07) is 5.65. The minimum atomic E-state index is 0.930. The van der Waals surface area contributed by atoms with Crippen molar-refractivity contribution in [1.29, 1.82) is 0 Å². The molecule has 0 amide bonds. The molecule has 66 heavy (non-hydrogen) atoms. The molecule has 14 rings (SSSR count). The van der Waals surface area contributed by atoms with Gasteiger partial charge in [-0.3, -0.25) is 9.80 Å². The molecule has 0 aromatic carbocycles. The highest BCUT2D eigenvalue weighted by molar-refractivity contribution is 5.13. The van der Waals surface area contributed by atoms with Gasteiger partial charge in [-0.1, -0.05) is 128 Å². The molecule has 0 aromatic rings. The van der Waals surface area contributed by atoms with E-state index in [-0.39, 0.29) is 0 Å². The van der Waals surface area contributed by atoms with Crippen molar-refractivity contribution in [2.75, 3.05) is 0 Å². The fourth-order valence-electron chi connectivity index (χ4n) is 24.9. The Morgan fingerprint density at radius 2 is 0.500 bits per heavy atom. The molecule has 0 aliphatic heterocycles. The zero-order valence-electron chi connectivity index (χ0n) is 43.0. The third-order valence-electron chi connectivity index (χ3n) is 27.1. The number of nitrogens with zero attached hydrogens (tertiary/aromatic N) is 2. The van der Waals surface area contributed by atoms with Crippen molar-refractivity contribution in [2.45, 2.75) is 293 Å². The third kappa shape index (κ3) is 7.82. The van der Waals surface area contributed by atoms with Crippen LogP contribution in [0.3, 0.4) is 0 Å². The van der Waals surface area contributed by atoms with Crippen LogP contribution in [0.4, 0.5) is 0 Å². The van der Waals surface area contributed by atoms with E-state index in [1.54, 1.807) is 257 Å². The first-order valence-corrected chi connectivity index (χ1v) is 32.3. The van der Waals surface area contributed by atoms with Crippen LogP contribution in [0.2, 0.25) is 0 Å². The average Bonchev–Trinajstić information content (AvgIpc) is 3.38. The van der Waals surface area contributed by atoms with E-state index in [9.17, 15) is 0 Å². The maximum absolute atomic E-state index is 3.70. The maximum Gasteiger partial charge on any atom is 0.0163 e. The van der Waals surface area contributed by atoms with E-state index < -0.39 is 0 Å². The van der Waals surface area contributed by atoms with Crippen LogP contribution in [-0.2, 0) is 0 Å². The Morgan fingerprint density at radius 3 is 0.879 bits per heavy atom. The molecule has 22 unspecified atom stereocenters. The Hall–Kier alpha value is -0.0800. The monoisotopic (exact) mass is 901 g/mol. The second-order valence-corrected chi connectivity index (χ2v) is 29.2. The van der Waals surface area contributed by atoms with Crippen LogP contribution in [0.1, 0.15) is 257 Å². The SMILES string of the molecule is C1CCC2CC(N(C3CCC4CCC5C6C(CCC3C46)CCC5N(C3CCC4CCCCC4C3)C3C4CCCCC4CC4CCCCC43)C3C4CCCCC4CC4CCCCC43)CCC2C1. The maximum atomic E-state index is 3.70. The van der Waals surface area contributed by atoms with Gasteiger partial charge in [0.2, 0.25) is 0 Å². The van der Waals surface area contributed by atoms with Crippen molar-refractivity contribution in [3.05, 3.63) is 0 Å². The average molecular weight is 902 g/mol. The molecule has 14 aliphatic rings. The summed E-state index contributed by atoms with van der Waals surface area (Å²) in [5.74, 6) is 19.2. The number of hydrogen-bond acceptors (Lipinski definition) is 2. The van der Waals surface area contributed by atoms with Gasteiger partial charge in [0.15, 0.2) is 0 Å². The van der Waals surface area contributed by atoms with Crippen LogP contribution in [0.25, 0.3) is 0 Å². The van der Waals surface area contributed by atoms with E-state index in [0.29, 0.717) is 0 Å². The Balaban J connectivity index is 0.822. The minimum Gasteiger partial charge on any atom is -0.294 e. The lowest BCUT2D eigenvalue weighted by molar-refractivity contribution is -0.175. The van der Waals surface area contributed by atoms with Crippen LogP contribution in [0.5, 0.6) is 0 Å². The summed E-state index contributed by atoms with van der Waals surface area (Å²) < 4.78 is 0. The quantitative estimate of drug-likeness (QED) is 0.262. The topological polar surface area (TPSA) is 6.48 Å². The molecule has 14 aliphatic carbocycles. The summed E-state index contributed by atoms with van der Waals surface area (Å²) in [6.07, 6.45) is 63.8. The van der Waals surface area contributed by atoms with Gasteiger partial charge >= 0.3 is 0 Å². The van der Waals surface area contributed by atoms with E-state index >= 15 is 0 Å². The van der Waals surface area contributed by atoms with Crippen molar-refractivity contribution < 1.29 is 0 Å². The highest BCUT2D eigenvalue weighted by Crippen LogP contribution is 2.65. The highest BCUT2D eigenvalue weighted by atomic mass is 15.3. The van der Waals surface area contributed by atoms with Gasteiger partial charge in [0.1, 0.15) is 0 Å². The molecule has 0 N–H and O–H groups in total. The Morgan fingerprint density at radius 1 is 0.197 bits per heavy atom. The van der Waals surface area contributed by atoms with Crippen molar-refractivity contribution in [3.63, 3.8) is 0 Å². The van der Waals surface area contributed by atoms with Crippen molar-refractivity contribution in [2.24, 2.45) is 107 Å². The molecule has 0 spiro atoms. The highest BCUT2D eigenvalue weighted by Gasteiger charge is 2.62. The zero-order chi connectivity index (χ0) is 43.3. The Kier molecular flexibility index (Phi) is 12.9. The van der Waals surface area contributed by atoms with E-state index in [1.165, 1.54) is 0 Å².